The average molecular weight is 255 g/mol. The zero-order chi connectivity index (χ0) is 12.7. The van der Waals surface area contributed by atoms with Crippen LogP contribution in [0.5, 0.6) is 0 Å². The van der Waals surface area contributed by atoms with E-state index in [9.17, 15) is 5.11 Å². The van der Waals surface area contributed by atoms with Gasteiger partial charge in [-0.1, -0.05) is 25.4 Å². The maximum absolute atomic E-state index is 10.8. The van der Waals surface area contributed by atoms with Gasteiger partial charge >= 0.3 is 0 Å². The van der Waals surface area contributed by atoms with Gasteiger partial charge in [-0.15, -0.1) is 0 Å². The lowest BCUT2D eigenvalue weighted by molar-refractivity contribution is -0.0436. The molecular formula is C13H19ClN2O. The maximum atomic E-state index is 10.8. The molecule has 1 unspecified atom stereocenters. The van der Waals surface area contributed by atoms with Gasteiger partial charge in [0, 0.05) is 11.8 Å². The van der Waals surface area contributed by atoms with Crippen LogP contribution >= 0.6 is 11.6 Å². The van der Waals surface area contributed by atoms with Crippen LogP contribution in [0.1, 0.15) is 45.1 Å². The summed E-state index contributed by atoms with van der Waals surface area (Å²) < 4.78 is 0. The van der Waals surface area contributed by atoms with E-state index < -0.39 is 5.60 Å². The molecule has 2 rings (SSSR count). The van der Waals surface area contributed by atoms with E-state index in [1.54, 1.807) is 6.07 Å². The fourth-order valence-electron chi connectivity index (χ4n) is 2.88. The van der Waals surface area contributed by atoms with Crippen molar-refractivity contribution in [2.24, 2.45) is 5.41 Å². The molecule has 0 aliphatic heterocycles. The molecular weight excluding hydrogens is 236 g/mol. The summed E-state index contributed by atoms with van der Waals surface area (Å²) in [5, 5.41) is 11.3. The SMILES string of the molecule is CC1(C)CCCC(O)(c2cc(Cl)cnc2N)C1. The van der Waals surface area contributed by atoms with Crippen molar-refractivity contribution < 1.29 is 5.11 Å². The molecule has 3 nitrogen and oxygen atoms in total. The number of nitrogen functional groups attached to an aromatic ring is 1. The number of hydrogen-bond acceptors (Lipinski definition) is 3. The highest BCUT2D eigenvalue weighted by Crippen LogP contribution is 2.47. The highest BCUT2D eigenvalue weighted by Gasteiger charge is 2.41. The monoisotopic (exact) mass is 254 g/mol. The minimum absolute atomic E-state index is 0.127. The molecule has 17 heavy (non-hydrogen) atoms. The van der Waals surface area contributed by atoms with Crippen LogP contribution in [0.25, 0.3) is 0 Å². The number of nitrogens with two attached hydrogens (primary N) is 1. The topological polar surface area (TPSA) is 59.1 Å². The van der Waals surface area contributed by atoms with Crippen LogP contribution in [0, 0.1) is 5.41 Å². The van der Waals surface area contributed by atoms with Crippen LogP contribution in [-0.4, -0.2) is 10.1 Å². The Balaban J connectivity index is 2.40. The van der Waals surface area contributed by atoms with Crippen LogP contribution in [-0.2, 0) is 5.60 Å². The number of rotatable bonds is 1. The third-order valence-electron chi connectivity index (χ3n) is 3.60. The molecule has 1 saturated carbocycles. The number of nitrogens with zero attached hydrogens (tertiary/aromatic N) is 1. The minimum atomic E-state index is -0.885. The van der Waals surface area contributed by atoms with E-state index in [4.69, 9.17) is 17.3 Å². The van der Waals surface area contributed by atoms with E-state index in [1.807, 2.05) is 0 Å². The third kappa shape index (κ3) is 2.55. The Morgan fingerprint density at radius 1 is 1.41 bits per heavy atom. The molecule has 0 radical (unpaired) electrons. The van der Waals surface area contributed by atoms with Gasteiger partial charge in [-0.2, -0.15) is 0 Å². The van der Waals surface area contributed by atoms with Crippen molar-refractivity contribution in [1.29, 1.82) is 0 Å². The van der Waals surface area contributed by atoms with E-state index in [2.05, 4.69) is 18.8 Å². The largest absolute Gasteiger partial charge is 0.385 e. The molecule has 94 valence electrons. The van der Waals surface area contributed by atoms with Gasteiger partial charge < -0.3 is 10.8 Å². The van der Waals surface area contributed by atoms with E-state index in [1.165, 1.54) is 6.20 Å². The molecule has 0 spiro atoms. The van der Waals surface area contributed by atoms with Crippen LogP contribution in [0.3, 0.4) is 0 Å². The predicted molar refractivity (Wildman–Crippen MR) is 69.8 cm³/mol. The average Bonchev–Trinajstić information content (AvgIpc) is 2.19. The third-order valence-corrected chi connectivity index (χ3v) is 3.81. The fraction of sp³-hybridized carbons (Fsp3) is 0.615. The van der Waals surface area contributed by atoms with E-state index in [0.29, 0.717) is 22.8 Å². The molecule has 1 fully saturated rings. The van der Waals surface area contributed by atoms with Gasteiger partial charge in [-0.3, -0.25) is 0 Å². The van der Waals surface area contributed by atoms with Crippen LogP contribution < -0.4 is 5.73 Å². The van der Waals surface area contributed by atoms with Crippen molar-refractivity contribution in [2.45, 2.75) is 45.1 Å². The summed E-state index contributed by atoms with van der Waals surface area (Å²) in [7, 11) is 0. The second-order valence-corrected chi connectivity index (χ2v) is 6.25. The second kappa shape index (κ2) is 4.14. The Hall–Kier alpha value is -0.800. The lowest BCUT2D eigenvalue weighted by Crippen LogP contribution is -2.37. The second-order valence-electron chi connectivity index (χ2n) is 5.81. The Labute approximate surface area is 107 Å². The lowest BCUT2D eigenvalue weighted by atomic mass is 9.67. The molecule has 1 aliphatic rings. The number of halogens is 1. The van der Waals surface area contributed by atoms with Gasteiger partial charge in [-0.25, -0.2) is 4.98 Å². The normalized spacial score (nSPS) is 28.0. The molecule has 0 bridgehead atoms. The van der Waals surface area contributed by atoms with Crippen molar-refractivity contribution in [2.75, 3.05) is 5.73 Å². The highest BCUT2D eigenvalue weighted by molar-refractivity contribution is 6.30. The Bertz CT molecular complexity index is 433. The van der Waals surface area contributed by atoms with Gasteiger partial charge in [0.2, 0.25) is 0 Å². The maximum Gasteiger partial charge on any atom is 0.129 e. The summed E-state index contributed by atoms with van der Waals surface area (Å²) >= 11 is 5.94. The molecule has 1 aromatic heterocycles. The minimum Gasteiger partial charge on any atom is -0.385 e. The molecule has 1 heterocycles. The van der Waals surface area contributed by atoms with Gasteiger partial charge in [0.25, 0.3) is 0 Å². The van der Waals surface area contributed by atoms with Crippen LogP contribution in [0.2, 0.25) is 5.02 Å². The first-order chi connectivity index (χ1) is 7.82. The number of anilines is 1. The number of aliphatic hydroxyl groups is 1. The summed E-state index contributed by atoms with van der Waals surface area (Å²) in [6, 6.07) is 1.74. The summed E-state index contributed by atoms with van der Waals surface area (Å²) in [4.78, 5) is 4.03. The zero-order valence-electron chi connectivity index (χ0n) is 10.3. The molecule has 3 N–H and O–H groups in total. The first kappa shape index (κ1) is 12.7. The molecule has 0 amide bonds. The molecule has 1 aromatic rings. The Kier molecular flexibility index (Phi) is 3.08. The number of pyridine rings is 1. The zero-order valence-corrected chi connectivity index (χ0v) is 11.1. The van der Waals surface area contributed by atoms with E-state index in [0.717, 1.165) is 19.3 Å². The highest BCUT2D eigenvalue weighted by atomic mass is 35.5. The van der Waals surface area contributed by atoms with Crippen molar-refractivity contribution in [1.82, 2.24) is 4.98 Å². The van der Waals surface area contributed by atoms with E-state index in [-0.39, 0.29) is 5.41 Å². The molecule has 1 aliphatic carbocycles. The van der Waals surface area contributed by atoms with Crippen molar-refractivity contribution in [3.63, 3.8) is 0 Å². The summed E-state index contributed by atoms with van der Waals surface area (Å²) in [6.45, 7) is 4.34. The molecule has 0 saturated heterocycles. The standard InChI is InChI=1S/C13H19ClN2O/c1-12(2)4-3-5-13(17,8-12)10-6-9(14)7-16-11(10)15/h6-7,17H,3-5,8H2,1-2H3,(H2,15,16). The predicted octanol–water partition coefficient (Wildman–Crippen LogP) is 3.11. The quantitative estimate of drug-likeness (QED) is 0.810. The number of aromatic nitrogens is 1. The molecule has 4 heteroatoms. The Morgan fingerprint density at radius 2 is 2.12 bits per heavy atom. The van der Waals surface area contributed by atoms with Crippen molar-refractivity contribution in [3.8, 4) is 0 Å². The van der Waals surface area contributed by atoms with Gasteiger partial charge in [0.1, 0.15) is 5.82 Å². The smallest absolute Gasteiger partial charge is 0.129 e. The first-order valence-corrected chi connectivity index (χ1v) is 6.34. The van der Waals surface area contributed by atoms with Gasteiger partial charge in [0.15, 0.2) is 0 Å². The number of hydrogen-bond donors (Lipinski definition) is 2. The van der Waals surface area contributed by atoms with Crippen LogP contribution in [0.4, 0.5) is 5.82 Å². The summed E-state index contributed by atoms with van der Waals surface area (Å²) in [6.07, 6.45) is 5.06. The summed E-state index contributed by atoms with van der Waals surface area (Å²) in [5.74, 6) is 0.384. The summed E-state index contributed by atoms with van der Waals surface area (Å²) in [5.41, 5.74) is 5.78. The van der Waals surface area contributed by atoms with Crippen molar-refractivity contribution in [3.05, 3.63) is 22.8 Å². The van der Waals surface area contributed by atoms with Gasteiger partial charge in [-0.05, 0) is 37.2 Å². The van der Waals surface area contributed by atoms with Crippen molar-refractivity contribution >= 4 is 17.4 Å². The fourth-order valence-corrected chi connectivity index (χ4v) is 3.04. The van der Waals surface area contributed by atoms with Crippen LogP contribution in [0.15, 0.2) is 12.3 Å². The Morgan fingerprint density at radius 3 is 2.76 bits per heavy atom. The van der Waals surface area contributed by atoms with E-state index >= 15 is 0 Å². The molecule has 0 aromatic carbocycles. The first-order valence-electron chi connectivity index (χ1n) is 5.96. The molecule has 1 atom stereocenters. The lowest BCUT2D eigenvalue weighted by Gasteiger charge is -2.42. The van der Waals surface area contributed by atoms with Gasteiger partial charge in [0.05, 0.1) is 10.6 Å².